The Bertz CT molecular complexity index is 1350. The average molecular weight is 487 g/mol. The van der Waals surface area contributed by atoms with E-state index in [4.69, 9.17) is 0 Å². The molecule has 3 aromatic rings. The quantitative estimate of drug-likeness (QED) is 0.478. The summed E-state index contributed by atoms with van der Waals surface area (Å²) in [4.78, 5) is 4.66. The molecule has 1 N–H and O–H groups in total. The molecule has 0 radical (unpaired) electrons. The number of nitrogens with one attached hydrogen (secondary N) is 1. The van der Waals surface area contributed by atoms with E-state index in [2.05, 4.69) is 30.5 Å². The predicted octanol–water partition coefficient (Wildman–Crippen LogP) is 6.20. The molecule has 4 rings (SSSR count). The Hall–Kier alpha value is -3.13. The molecule has 0 saturated carbocycles. The zero-order valence-electron chi connectivity index (χ0n) is 19.1. The summed E-state index contributed by atoms with van der Waals surface area (Å²) >= 11 is 0. The molecular weight excluding hydrogens is 461 g/mol. The molecule has 34 heavy (non-hydrogen) atoms. The van der Waals surface area contributed by atoms with Crippen molar-refractivity contribution in [1.82, 2.24) is 0 Å². The van der Waals surface area contributed by atoms with Crippen LogP contribution < -0.4 is 4.72 Å². The zero-order chi connectivity index (χ0) is 24.7. The van der Waals surface area contributed by atoms with Gasteiger partial charge in [0.05, 0.1) is 16.2 Å². The van der Waals surface area contributed by atoms with Crippen LogP contribution in [0.2, 0.25) is 0 Å². The smallest absolute Gasteiger partial charge is 0.284 e. The van der Waals surface area contributed by atoms with Gasteiger partial charge in [0.25, 0.3) is 10.0 Å². The van der Waals surface area contributed by atoms with E-state index in [-0.39, 0.29) is 10.3 Å². The second-order valence-corrected chi connectivity index (χ2v) is 11.0. The van der Waals surface area contributed by atoms with Crippen molar-refractivity contribution >= 4 is 21.4 Å². The van der Waals surface area contributed by atoms with Gasteiger partial charge in [-0.05, 0) is 59.4 Å². The maximum atomic E-state index is 13.1. The first-order valence-electron chi connectivity index (χ1n) is 10.8. The molecule has 1 aliphatic heterocycles. The number of anilines is 1. The van der Waals surface area contributed by atoms with Gasteiger partial charge in [0.15, 0.2) is 0 Å². The lowest BCUT2D eigenvalue weighted by atomic mass is 9.87. The Morgan fingerprint density at radius 1 is 0.882 bits per heavy atom. The van der Waals surface area contributed by atoms with Crippen LogP contribution in [0.5, 0.6) is 0 Å². The number of aliphatic imine (C=N–C) groups is 1. The highest BCUT2D eigenvalue weighted by atomic mass is 32.2. The maximum Gasteiger partial charge on any atom is 0.416 e. The predicted molar refractivity (Wildman–Crippen MR) is 128 cm³/mol. The largest absolute Gasteiger partial charge is 0.416 e. The van der Waals surface area contributed by atoms with Crippen LogP contribution in [0.4, 0.5) is 18.9 Å². The highest BCUT2D eigenvalue weighted by molar-refractivity contribution is 7.92. The molecule has 0 atom stereocenters. The SMILES string of the molecule is CC(C)(C)c1ccc(S(=O)(=O)Nc2cccc(C3=NCCc4cc(C(F)(F)F)ccc43)c2)cc1. The summed E-state index contributed by atoms with van der Waals surface area (Å²) in [6.07, 6.45) is -3.99. The van der Waals surface area contributed by atoms with Crippen molar-refractivity contribution in [2.24, 2.45) is 4.99 Å². The topological polar surface area (TPSA) is 58.5 Å². The molecule has 1 heterocycles. The van der Waals surface area contributed by atoms with Crippen LogP contribution in [-0.2, 0) is 28.0 Å². The van der Waals surface area contributed by atoms with E-state index in [1.165, 1.54) is 6.07 Å². The van der Waals surface area contributed by atoms with E-state index >= 15 is 0 Å². The molecule has 0 amide bonds. The van der Waals surface area contributed by atoms with Gasteiger partial charge in [-0.15, -0.1) is 0 Å². The number of rotatable bonds is 4. The second kappa shape index (κ2) is 8.58. The van der Waals surface area contributed by atoms with Crippen LogP contribution in [0.15, 0.2) is 76.6 Å². The molecule has 1 aliphatic rings. The van der Waals surface area contributed by atoms with Gasteiger partial charge < -0.3 is 0 Å². The monoisotopic (exact) mass is 486 g/mol. The number of nitrogens with zero attached hydrogens (tertiary/aromatic N) is 1. The standard InChI is InChI=1S/C26H25F3N2O2S/c1-25(2,3)19-7-10-22(11-8-19)34(32,33)31-21-6-4-5-18(16-21)24-23-12-9-20(26(27,28)29)15-17(23)13-14-30-24/h4-12,15-16,31H,13-14H2,1-3H3. The molecule has 0 bridgehead atoms. The minimum Gasteiger partial charge on any atom is -0.284 e. The fourth-order valence-corrected chi connectivity index (χ4v) is 4.96. The summed E-state index contributed by atoms with van der Waals surface area (Å²) in [7, 11) is -3.82. The third kappa shape index (κ3) is 5.01. The third-order valence-corrected chi connectivity index (χ3v) is 7.15. The number of hydrogen-bond donors (Lipinski definition) is 1. The zero-order valence-corrected chi connectivity index (χ0v) is 19.9. The summed E-state index contributed by atoms with van der Waals surface area (Å²) in [5.41, 5.74) is 2.96. The molecule has 0 fully saturated rings. The summed E-state index contributed by atoms with van der Waals surface area (Å²) in [5.74, 6) is 0. The lowest BCUT2D eigenvalue weighted by molar-refractivity contribution is -0.137. The number of halogens is 3. The van der Waals surface area contributed by atoms with Gasteiger partial charge in [-0.25, -0.2) is 8.42 Å². The Balaban J connectivity index is 1.61. The van der Waals surface area contributed by atoms with Crippen molar-refractivity contribution in [3.63, 3.8) is 0 Å². The van der Waals surface area contributed by atoms with Crippen molar-refractivity contribution in [2.45, 2.75) is 43.7 Å². The summed E-state index contributed by atoms with van der Waals surface area (Å²) < 4.78 is 67.8. The normalized spacial score (nSPS) is 14.4. The Morgan fingerprint density at radius 3 is 2.21 bits per heavy atom. The van der Waals surface area contributed by atoms with Crippen molar-refractivity contribution in [1.29, 1.82) is 0 Å². The lowest BCUT2D eigenvalue weighted by Gasteiger charge is -2.20. The number of alkyl halides is 3. The summed E-state index contributed by atoms with van der Waals surface area (Å²) in [6, 6.07) is 17.1. The number of sulfonamides is 1. The molecule has 0 aromatic heterocycles. The van der Waals surface area contributed by atoms with Crippen LogP contribution in [-0.4, -0.2) is 20.7 Å². The highest BCUT2D eigenvalue weighted by Gasteiger charge is 2.31. The minimum absolute atomic E-state index is 0.0953. The molecule has 0 aliphatic carbocycles. The fourth-order valence-electron chi connectivity index (χ4n) is 3.91. The van der Waals surface area contributed by atoms with Crippen molar-refractivity contribution < 1.29 is 21.6 Å². The first-order valence-corrected chi connectivity index (χ1v) is 12.3. The number of fused-ring (bicyclic) bond motifs is 1. The molecule has 0 spiro atoms. The van der Waals surface area contributed by atoms with Crippen LogP contribution in [0.3, 0.4) is 0 Å². The molecular formula is C26H25F3N2O2S. The number of benzene rings is 3. The van der Waals surface area contributed by atoms with Crippen LogP contribution in [0, 0.1) is 0 Å². The van der Waals surface area contributed by atoms with Gasteiger partial charge in [0.2, 0.25) is 0 Å². The van der Waals surface area contributed by atoms with E-state index in [0.717, 1.165) is 17.7 Å². The van der Waals surface area contributed by atoms with E-state index in [9.17, 15) is 21.6 Å². The van der Waals surface area contributed by atoms with Gasteiger partial charge in [0, 0.05) is 23.4 Å². The van der Waals surface area contributed by atoms with Gasteiger partial charge in [-0.3, -0.25) is 9.71 Å². The maximum absolute atomic E-state index is 13.1. The number of hydrogen-bond acceptors (Lipinski definition) is 3. The van der Waals surface area contributed by atoms with E-state index in [1.807, 2.05) is 0 Å². The molecule has 0 saturated heterocycles. The van der Waals surface area contributed by atoms with Gasteiger partial charge in [0.1, 0.15) is 0 Å². The summed E-state index contributed by atoms with van der Waals surface area (Å²) in [6.45, 7) is 6.52. The fraction of sp³-hybridized carbons (Fsp3) is 0.269. The van der Waals surface area contributed by atoms with E-state index in [0.29, 0.717) is 41.1 Å². The van der Waals surface area contributed by atoms with E-state index < -0.39 is 21.8 Å². The third-order valence-electron chi connectivity index (χ3n) is 5.76. The van der Waals surface area contributed by atoms with Gasteiger partial charge >= 0.3 is 6.18 Å². The first-order chi connectivity index (χ1) is 15.8. The van der Waals surface area contributed by atoms with E-state index in [1.54, 1.807) is 48.5 Å². The Labute approximate surface area is 197 Å². The van der Waals surface area contributed by atoms with Crippen LogP contribution in [0.25, 0.3) is 0 Å². The summed E-state index contributed by atoms with van der Waals surface area (Å²) in [5, 5.41) is 0. The lowest BCUT2D eigenvalue weighted by Crippen LogP contribution is -2.17. The van der Waals surface area contributed by atoms with Gasteiger partial charge in [-0.1, -0.05) is 51.1 Å². The van der Waals surface area contributed by atoms with Crippen molar-refractivity contribution in [2.75, 3.05) is 11.3 Å². The van der Waals surface area contributed by atoms with Crippen molar-refractivity contribution in [3.05, 3.63) is 94.5 Å². The Kier molecular flexibility index (Phi) is 6.06. The molecule has 0 unspecified atom stereocenters. The average Bonchev–Trinajstić information content (AvgIpc) is 2.77. The molecule has 8 heteroatoms. The van der Waals surface area contributed by atoms with Crippen LogP contribution in [0.1, 0.15) is 48.6 Å². The van der Waals surface area contributed by atoms with Crippen molar-refractivity contribution in [3.8, 4) is 0 Å². The van der Waals surface area contributed by atoms with Gasteiger partial charge in [-0.2, -0.15) is 13.2 Å². The second-order valence-electron chi connectivity index (χ2n) is 9.31. The molecule has 178 valence electrons. The van der Waals surface area contributed by atoms with Crippen LogP contribution >= 0.6 is 0 Å². The first kappa shape index (κ1) is 24.0. The Morgan fingerprint density at radius 2 is 1.56 bits per heavy atom. The minimum atomic E-state index is -4.41. The molecule has 4 nitrogen and oxygen atoms in total. The highest BCUT2D eigenvalue weighted by Crippen LogP contribution is 2.33. The molecule has 3 aromatic carbocycles.